The van der Waals surface area contributed by atoms with Crippen LogP contribution in [-0.2, 0) is 0 Å². The Morgan fingerprint density at radius 2 is 1.92 bits per heavy atom. The zero-order valence-corrected chi connectivity index (χ0v) is 14.6. The molecule has 1 saturated heterocycles. The van der Waals surface area contributed by atoms with E-state index < -0.39 is 12.6 Å². The molecule has 134 valence electrons. The van der Waals surface area contributed by atoms with Crippen LogP contribution in [0.4, 0.5) is 18.9 Å². The second-order valence-corrected chi connectivity index (χ2v) is 6.18. The van der Waals surface area contributed by atoms with E-state index in [0.29, 0.717) is 24.1 Å². The molecule has 1 heterocycles. The number of hydrogen-bond acceptors (Lipinski definition) is 2. The molecule has 1 aliphatic rings. The van der Waals surface area contributed by atoms with Gasteiger partial charge < -0.3 is 15.1 Å². The predicted octanol–water partition coefficient (Wildman–Crippen LogP) is 3.30. The number of benzene rings is 1. The van der Waals surface area contributed by atoms with E-state index in [4.69, 9.17) is 11.6 Å². The number of aliphatic imine (C=N–C) groups is 1. The van der Waals surface area contributed by atoms with Gasteiger partial charge in [0.15, 0.2) is 5.96 Å². The van der Waals surface area contributed by atoms with Crippen molar-refractivity contribution >= 4 is 23.2 Å². The highest BCUT2D eigenvalue weighted by Crippen LogP contribution is 2.25. The fraction of sp³-hybridized carbons (Fsp3) is 0.562. The minimum absolute atomic E-state index is 0.163. The maximum atomic E-state index is 12.3. The van der Waals surface area contributed by atoms with E-state index in [1.54, 1.807) is 7.05 Å². The molecule has 0 aliphatic carbocycles. The average Bonchev–Trinajstić information content (AvgIpc) is 2.53. The number of halogens is 4. The van der Waals surface area contributed by atoms with E-state index in [2.05, 4.69) is 15.2 Å². The Bertz CT molecular complexity index is 581. The van der Waals surface area contributed by atoms with Gasteiger partial charge in [-0.3, -0.25) is 4.99 Å². The van der Waals surface area contributed by atoms with E-state index >= 15 is 0 Å². The molecule has 0 aromatic heterocycles. The van der Waals surface area contributed by atoms with Crippen molar-refractivity contribution in [3.05, 3.63) is 28.8 Å². The first-order valence-electron chi connectivity index (χ1n) is 7.83. The molecule has 1 aromatic rings. The van der Waals surface area contributed by atoms with Crippen LogP contribution in [0, 0.1) is 6.92 Å². The molecule has 0 radical (unpaired) electrons. The number of guanidine groups is 1. The summed E-state index contributed by atoms with van der Waals surface area (Å²) in [5, 5.41) is 3.48. The summed E-state index contributed by atoms with van der Waals surface area (Å²) in [5.41, 5.74) is 2.25. The first-order valence-corrected chi connectivity index (χ1v) is 8.21. The number of alkyl halides is 3. The predicted molar refractivity (Wildman–Crippen MR) is 92.0 cm³/mol. The average molecular weight is 363 g/mol. The zero-order chi connectivity index (χ0) is 17.7. The van der Waals surface area contributed by atoms with E-state index in [1.165, 1.54) is 0 Å². The van der Waals surface area contributed by atoms with Crippen molar-refractivity contribution in [2.24, 2.45) is 4.99 Å². The van der Waals surface area contributed by atoms with Gasteiger partial charge in [0.25, 0.3) is 0 Å². The summed E-state index contributed by atoms with van der Waals surface area (Å²) in [4.78, 5) is 8.30. The molecule has 1 aliphatic heterocycles. The number of aryl methyl sites for hydroxylation is 1. The molecular weight excluding hydrogens is 341 g/mol. The fourth-order valence-electron chi connectivity index (χ4n) is 2.73. The summed E-state index contributed by atoms with van der Waals surface area (Å²) < 4.78 is 36.8. The van der Waals surface area contributed by atoms with E-state index in [-0.39, 0.29) is 6.54 Å². The molecule has 4 nitrogen and oxygen atoms in total. The number of nitrogens with zero attached hydrogens (tertiary/aromatic N) is 3. The van der Waals surface area contributed by atoms with Crippen molar-refractivity contribution in [2.75, 3.05) is 44.7 Å². The molecular formula is C16H22ClF3N4. The topological polar surface area (TPSA) is 30.9 Å². The van der Waals surface area contributed by atoms with Gasteiger partial charge >= 0.3 is 6.18 Å². The fourth-order valence-corrected chi connectivity index (χ4v) is 2.90. The van der Waals surface area contributed by atoms with Gasteiger partial charge in [0.2, 0.25) is 0 Å². The normalized spacial score (nSPS) is 16.5. The quantitative estimate of drug-likeness (QED) is 0.661. The molecule has 0 amide bonds. The summed E-state index contributed by atoms with van der Waals surface area (Å²) in [7, 11) is 1.59. The standard InChI is InChI=1S/C16H22ClF3N4/c1-12-3-4-13(17)11-14(12)23-7-9-24(10-8-23)15(21-2)22-6-5-16(18,19)20/h3-4,11H,5-10H2,1-2H3,(H,21,22). The first-order chi connectivity index (χ1) is 11.3. The molecule has 0 unspecified atom stereocenters. The largest absolute Gasteiger partial charge is 0.390 e. The zero-order valence-electron chi connectivity index (χ0n) is 13.8. The molecule has 8 heteroatoms. The molecule has 0 saturated carbocycles. The second kappa shape index (κ2) is 7.96. The summed E-state index contributed by atoms with van der Waals surface area (Å²) in [5.74, 6) is 0.515. The Morgan fingerprint density at radius 3 is 2.50 bits per heavy atom. The highest BCUT2D eigenvalue weighted by molar-refractivity contribution is 6.30. The van der Waals surface area contributed by atoms with Gasteiger partial charge in [0, 0.05) is 50.5 Å². The Kier molecular flexibility index (Phi) is 6.21. The Balaban J connectivity index is 1.90. The maximum absolute atomic E-state index is 12.3. The van der Waals surface area contributed by atoms with E-state index in [1.807, 2.05) is 30.0 Å². The molecule has 24 heavy (non-hydrogen) atoms. The lowest BCUT2D eigenvalue weighted by Crippen LogP contribution is -2.53. The Labute approximate surface area is 145 Å². The lowest BCUT2D eigenvalue weighted by Gasteiger charge is -2.38. The SMILES string of the molecule is CN=C(NCCC(F)(F)F)N1CCN(c2cc(Cl)ccc2C)CC1. The monoisotopic (exact) mass is 362 g/mol. The Morgan fingerprint density at radius 1 is 1.25 bits per heavy atom. The highest BCUT2D eigenvalue weighted by Gasteiger charge is 2.27. The number of nitrogens with one attached hydrogen (secondary N) is 1. The molecule has 1 fully saturated rings. The number of hydrogen-bond donors (Lipinski definition) is 1. The lowest BCUT2D eigenvalue weighted by molar-refractivity contribution is -0.132. The van der Waals surface area contributed by atoms with Crippen molar-refractivity contribution in [3.8, 4) is 0 Å². The van der Waals surface area contributed by atoms with E-state index in [0.717, 1.165) is 24.3 Å². The lowest BCUT2D eigenvalue weighted by atomic mass is 10.1. The summed E-state index contributed by atoms with van der Waals surface area (Å²) in [6, 6.07) is 5.80. The van der Waals surface area contributed by atoms with Crippen LogP contribution in [0.5, 0.6) is 0 Å². The number of rotatable bonds is 3. The smallest absolute Gasteiger partial charge is 0.368 e. The van der Waals surface area contributed by atoms with Crippen LogP contribution < -0.4 is 10.2 Å². The van der Waals surface area contributed by atoms with Crippen LogP contribution >= 0.6 is 11.6 Å². The third-order valence-corrected chi connectivity index (χ3v) is 4.23. The third kappa shape index (κ3) is 5.19. The van der Waals surface area contributed by atoms with Crippen molar-refractivity contribution in [1.82, 2.24) is 10.2 Å². The minimum atomic E-state index is -4.16. The van der Waals surface area contributed by atoms with Crippen LogP contribution in [0.2, 0.25) is 5.02 Å². The molecule has 2 rings (SSSR count). The molecule has 1 N–H and O–H groups in total. The van der Waals surface area contributed by atoms with Crippen LogP contribution in [0.15, 0.2) is 23.2 Å². The van der Waals surface area contributed by atoms with Crippen LogP contribution in [0.3, 0.4) is 0 Å². The van der Waals surface area contributed by atoms with Crippen LogP contribution in [0.25, 0.3) is 0 Å². The van der Waals surface area contributed by atoms with Gasteiger partial charge in [-0.2, -0.15) is 13.2 Å². The number of anilines is 1. The first kappa shape index (κ1) is 18.7. The highest BCUT2D eigenvalue weighted by atomic mass is 35.5. The minimum Gasteiger partial charge on any atom is -0.368 e. The molecule has 0 atom stereocenters. The van der Waals surface area contributed by atoms with Gasteiger partial charge in [-0.1, -0.05) is 17.7 Å². The molecule has 0 spiro atoms. The van der Waals surface area contributed by atoms with Crippen LogP contribution in [-0.4, -0.2) is 56.8 Å². The summed E-state index contributed by atoms with van der Waals surface area (Å²) in [6.07, 6.45) is -5.03. The van der Waals surface area contributed by atoms with Gasteiger partial charge in [-0.05, 0) is 24.6 Å². The van der Waals surface area contributed by atoms with Crippen molar-refractivity contribution in [2.45, 2.75) is 19.5 Å². The van der Waals surface area contributed by atoms with Crippen molar-refractivity contribution in [1.29, 1.82) is 0 Å². The Hall–Kier alpha value is -1.63. The van der Waals surface area contributed by atoms with Gasteiger partial charge in [0.05, 0.1) is 6.42 Å². The van der Waals surface area contributed by atoms with Gasteiger partial charge in [0.1, 0.15) is 0 Å². The van der Waals surface area contributed by atoms with E-state index in [9.17, 15) is 13.2 Å². The van der Waals surface area contributed by atoms with Crippen LogP contribution in [0.1, 0.15) is 12.0 Å². The third-order valence-electron chi connectivity index (χ3n) is 3.99. The molecule has 0 bridgehead atoms. The summed E-state index contributed by atoms with van der Waals surface area (Å²) >= 11 is 6.07. The maximum Gasteiger partial charge on any atom is 0.390 e. The second-order valence-electron chi connectivity index (χ2n) is 5.74. The number of piperazine rings is 1. The van der Waals surface area contributed by atoms with Crippen molar-refractivity contribution in [3.63, 3.8) is 0 Å². The van der Waals surface area contributed by atoms with Gasteiger partial charge in [-0.15, -0.1) is 0 Å². The van der Waals surface area contributed by atoms with Gasteiger partial charge in [-0.25, -0.2) is 0 Å². The molecule has 1 aromatic carbocycles. The van der Waals surface area contributed by atoms with Crippen molar-refractivity contribution < 1.29 is 13.2 Å². The summed E-state index contributed by atoms with van der Waals surface area (Å²) in [6.45, 7) is 4.79.